The quantitative estimate of drug-likeness (QED) is 0.170. The van der Waals surface area contributed by atoms with Gasteiger partial charge in [-0.2, -0.15) is 22.0 Å². The number of alkyl halides is 5. The number of nitrogens with zero attached hydrogens (tertiary/aromatic N) is 1. The standard InChI is InChI=1S/C33H27F7N2O4S/c1-17-20(14-21-22(33(38,39)40)11-7-12-23(21)34)30-42(29(43)26(17)19-10-6-13-25(46-2)27(19)35)24(15-47-30)28(18-8-4-3-5-9-18)41-16-32(36,37)31(44)45/h3-13,24,28,41H,14-16H2,1-2H3,(H,44,45). The minimum Gasteiger partial charge on any atom is -0.494 e. The first-order valence-electron chi connectivity index (χ1n) is 14.1. The summed E-state index contributed by atoms with van der Waals surface area (Å²) in [6, 6.07) is 12.5. The van der Waals surface area contributed by atoms with Gasteiger partial charge in [0.2, 0.25) is 0 Å². The maximum atomic E-state index is 15.7. The molecule has 2 heterocycles. The molecule has 14 heteroatoms. The molecule has 0 saturated carbocycles. The fraction of sp³-hybridized carbons (Fsp3) is 0.273. The van der Waals surface area contributed by atoms with Crippen LogP contribution in [-0.4, -0.2) is 41.0 Å². The number of fused-ring (bicyclic) bond motifs is 1. The predicted octanol–water partition coefficient (Wildman–Crippen LogP) is 7.42. The van der Waals surface area contributed by atoms with Crippen molar-refractivity contribution in [2.45, 2.75) is 42.6 Å². The van der Waals surface area contributed by atoms with Crippen LogP contribution in [0.5, 0.6) is 5.75 Å². The van der Waals surface area contributed by atoms with E-state index < -0.39 is 71.4 Å². The van der Waals surface area contributed by atoms with Gasteiger partial charge in [-0.05, 0) is 41.8 Å². The van der Waals surface area contributed by atoms with Gasteiger partial charge in [0, 0.05) is 23.3 Å². The Bertz CT molecular complexity index is 1880. The summed E-state index contributed by atoms with van der Waals surface area (Å²) >= 11 is 1.04. The van der Waals surface area contributed by atoms with Gasteiger partial charge >= 0.3 is 18.1 Å². The third-order valence-corrected chi connectivity index (χ3v) is 9.32. The largest absolute Gasteiger partial charge is 0.494 e. The first kappa shape index (κ1) is 34.0. The molecule has 4 aromatic rings. The van der Waals surface area contributed by atoms with Gasteiger partial charge in [0.25, 0.3) is 5.56 Å². The average molecular weight is 681 g/mol. The topological polar surface area (TPSA) is 80.6 Å². The van der Waals surface area contributed by atoms with Crippen molar-refractivity contribution in [2.24, 2.45) is 0 Å². The Hall–Kier alpha value is -4.30. The molecular formula is C33H27F7N2O4S. The highest BCUT2D eigenvalue weighted by Gasteiger charge is 2.42. The molecule has 248 valence electrons. The summed E-state index contributed by atoms with van der Waals surface area (Å²) in [4.78, 5) is 25.6. The number of pyridine rings is 1. The monoisotopic (exact) mass is 680 g/mol. The normalized spacial score (nSPS) is 15.4. The fourth-order valence-electron chi connectivity index (χ4n) is 5.79. The van der Waals surface area contributed by atoms with Gasteiger partial charge < -0.3 is 15.2 Å². The molecule has 0 spiro atoms. The summed E-state index contributed by atoms with van der Waals surface area (Å²) in [6.07, 6.45) is -5.56. The van der Waals surface area contributed by atoms with Crippen LogP contribution in [-0.2, 0) is 17.4 Å². The smallest absolute Gasteiger partial charge is 0.416 e. The molecule has 1 aliphatic heterocycles. The lowest BCUT2D eigenvalue weighted by molar-refractivity contribution is -0.164. The second-order valence-electron chi connectivity index (χ2n) is 10.9. The zero-order valence-corrected chi connectivity index (χ0v) is 25.6. The Morgan fingerprint density at radius 1 is 1.02 bits per heavy atom. The minimum absolute atomic E-state index is 0.0281. The number of rotatable bonds is 10. The highest BCUT2D eigenvalue weighted by atomic mass is 32.2. The van der Waals surface area contributed by atoms with E-state index in [0.29, 0.717) is 5.56 Å². The van der Waals surface area contributed by atoms with Gasteiger partial charge in [0.05, 0.1) is 41.9 Å². The van der Waals surface area contributed by atoms with Crippen LogP contribution in [0.15, 0.2) is 76.6 Å². The van der Waals surface area contributed by atoms with Crippen LogP contribution >= 0.6 is 11.8 Å². The number of carboxylic acid groups (broad SMARTS) is 1. The Morgan fingerprint density at radius 3 is 2.34 bits per heavy atom. The van der Waals surface area contributed by atoms with Crippen LogP contribution in [0.3, 0.4) is 0 Å². The number of methoxy groups -OCH3 is 1. The number of nitrogens with one attached hydrogen (secondary N) is 1. The summed E-state index contributed by atoms with van der Waals surface area (Å²) < 4.78 is 108. The van der Waals surface area contributed by atoms with E-state index in [1.54, 1.807) is 30.3 Å². The summed E-state index contributed by atoms with van der Waals surface area (Å²) in [7, 11) is 1.21. The number of carboxylic acids is 1. The van der Waals surface area contributed by atoms with Gasteiger partial charge in [-0.3, -0.25) is 9.36 Å². The molecule has 2 atom stereocenters. The second kappa shape index (κ2) is 13.1. The van der Waals surface area contributed by atoms with Crippen molar-refractivity contribution < 1.29 is 45.4 Å². The first-order valence-corrected chi connectivity index (χ1v) is 15.1. The van der Waals surface area contributed by atoms with Gasteiger partial charge in [-0.25, -0.2) is 13.6 Å². The van der Waals surface area contributed by atoms with Crippen molar-refractivity contribution in [3.05, 3.63) is 117 Å². The SMILES string of the molecule is COc1cccc(-c2c(C)c(Cc3c(F)cccc3C(F)(F)F)c3n(c2=O)C(C(NCC(F)(F)C(=O)O)c2ccccc2)CS3)c1F. The average Bonchev–Trinajstić information content (AvgIpc) is 3.45. The van der Waals surface area contributed by atoms with Crippen molar-refractivity contribution in [1.29, 1.82) is 0 Å². The number of ether oxygens (including phenoxy) is 1. The van der Waals surface area contributed by atoms with E-state index >= 15 is 8.78 Å². The molecule has 0 radical (unpaired) electrons. The Kier molecular flexibility index (Phi) is 9.47. The van der Waals surface area contributed by atoms with E-state index in [9.17, 15) is 31.5 Å². The lowest BCUT2D eigenvalue weighted by atomic mass is 9.91. The van der Waals surface area contributed by atoms with Gasteiger partial charge in [0.15, 0.2) is 11.6 Å². The molecular weight excluding hydrogens is 653 g/mol. The zero-order chi connectivity index (χ0) is 34.3. The second-order valence-corrected chi connectivity index (χ2v) is 11.9. The van der Waals surface area contributed by atoms with Crippen LogP contribution in [0.4, 0.5) is 30.7 Å². The summed E-state index contributed by atoms with van der Waals surface area (Å²) in [5, 5.41) is 11.7. The summed E-state index contributed by atoms with van der Waals surface area (Å²) in [6.45, 7) is 0.113. The van der Waals surface area contributed by atoms with E-state index in [-0.39, 0.29) is 38.8 Å². The summed E-state index contributed by atoms with van der Waals surface area (Å²) in [5.74, 6) is -8.80. The number of benzene rings is 3. The third kappa shape index (κ3) is 6.48. The van der Waals surface area contributed by atoms with Crippen molar-refractivity contribution in [3.63, 3.8) is 0 Å². The zero-order valence-electron chi connectivity index (χ0n) is 24.8. The predicted molar refractivity (Wildman–Crippen MR) is 161 cm³/mol. The molecule has 0 saturated heterocycles. The van der Waals surface area contributed by atoms with Crippen LogP contribution in [0.2, 0.25) is 0 Å². The number of carbonyl (C=O) groups is 1. The number of hydrogen-bond acceptors (Lipinski definition) is 5. The number of halogens is 7. The molecule has 3 aromatic carbocycles. The minimum atomic E-state index is -4.92. The van der Waals surface area contributed by atoms with Gasteiger partial charge in [-0.1, -0.05) is 48.5 Å². The summed E-state index contributed by atoms with van der Waals surface area (Å²) in [5.41, 5.74) is -2.55. The number of aliphatic carboxylic acids is 1. The van der Waals surface area contributed by atoms with Crippen LogP contribution < -0.4 is 15.6 Å². The van der Waals surface area contributed by atoms with Crippen LogP contribution in [0, 0.1) is 18.6 Å². The van der Waals surface area contributed by atoms with Gasteiger partial charge in [0.1, 0.15) is 5.82 Å². The number of aromatic nitrogens is 1. The van der Waals surface area contributed by atoms with Crippen molar-refractivity contribution in [2.75, 3.05) is 19.4 Å². The van der Waals surface area contributed by atoms with E-state index in [1.165, 1.54) is 36.8 Å². The maximum absolute atomic E-state index is 15.7. The van der Waals surface area contributed by atoms with Crippen molar-refractivity contribution in [3.8, 4) is 16.9 Å². The maximum Gasteiger partial charge on any atom is 0.416 e. The molecule has 0 aliphatic carbocycles. The molecule has 1 aliphatic rings. The lowest BCUT2D eigenvalue weighted by Gasteiger charge is -2.29. The van der Waals surface area contributed by atoms with Crippen molar-refractivity contribution in [1.82, 2.24) is 9.88 Å². The molecule has 0 amide bonds. The number of thioether (sulfide) groups is 1. The molecule has 1 aromatic heterocycles. The Balaban J connectivity index is 1.78. The molecule has 0 bridgehead atoms. The van der Waals surface area contributed by atoms with Gasteiger partial charge in [-0.15, -0.1) is 11.8 Å². The van der Waals surface area contributed by atoms with E-state index in [2.05, 4.69) is 5.32 Å². The van der Waals surface area contributed by atoms with Crippen LogP contribution in [0.1, 0.15) is 39.9 Å². The number of hydrogen-bond donors (Lipinski definition) is 2. The Morgan fingerprint density at radius 2 is 1.70 bits per heavy atom. The molecule has 5 rings (SSSR count). The molecule has 47 heavy (non-hydrogen) atoms. The van der Waals surface area contributed by atoms with E-state index in [1.807, 2.05) is 0 Å². The van der Waals surface area contributed by atoms with Crippen LogP contribution in [0.25, 0.3) is 11.1 Å². The third-order valence-electron chi connectivity index (χ3n) is 8.09. The highest BCUT2D eigenvalue weighted by Crippen LogP contribution is 2.45. The molecule has 2 N–H and O–H groups in total. The highest BCUT2D eigenvalue weighted by molar-refractivity contribution is 7.99. The molecule has 2 unspecified atom stereocenters. The Labute approximate surface area is 268 Å². The van der Waals surface area contributed by atoms with E-state index in [0.717, 1.165) is 30.0 Å². The fourth-order valence-corrected chi connectivity index (χ4v) is 7.22. The lowest BCUT2D eigenvalue weighted by Crippen LogP contribution is -2.44. The molecule has 0 fully saturated rings. The van der Waals surface area contributed by atoms with Crippen molar-refractivity contribution >= 4 is 17.7 Å². The molecule has 6 nitrogen and oxygen atoms in total. The van der Waals surface area contributed by atoms with E-state index in [4.69, 9.17) is 9.84 Å². The first-order chi connectivity index (χ1) is 22.2.